The predicted octanol–water partition coefficient (Wildman–Crippen LogP) is 4.95. The van der Waals surface area contributed by atoms with E-state index in [2.05, 4.69) is 17.6 Å². The largest absolute Gasteiger partial charge is 0.492 e. The van der Waals surface area contributed by atoms with Gasteiger partial charge in [-0.15, -0.1) is 0 Å². The van der Waals surface area contributed by atoms with Crippen LogP contribution in [0.2, 0.25) is 5.02 Å². The fourth-order valence-electron chi connectivity index (χ4n) is 6.18. The summed E-state index contributed by atoms with van der Waals surface area (Å²) in [5.74, 6) is 3.01. The van der Waals surface area contributed by atoms with Gasteiger partial charge in [0.15, 0.2) is 5.11 Å². The zero-order chi connectivity index (χ0) is 19.9. The molecule has 1 aromatic rings. The Bertz CT molecular complexity index is 747. The average Bonchev–Trinajstić information content (AvgIpc) is 2.62. The molecule has 6 heteroatoms. The Hall–Kier alpha value is -1.33. The van der Waals surface area contributed by atoms with E-state index in [1.54, 1.807) is 18.2 Å². The van der Waals surface area contributed by atoms with Crippen molar-refractivity contribution >= 4 is 34.8 Å². The van der Waals surface area contributed by atoms with E-state index in [-0.39, 0.29) is 11.9 Å². The van der Waals surface area contributed by atoms with E-state index in [1.807, 2.05) is 6.92 Å². The lowest BCUT2D eigenvalue weighted by molar-refractivity contribution is -0.0672. The van der Waals surface area contributed by atoms with E-state index in [0.29, 0.717) is 33.5 Å². The van der Waals surface area contributed by atoms with Gasteiger partial charge >= 0.3 is 0 Å². The van der Waals surface area contributed by atoms with E-state index in [9.17, 15) is 4.79 Å². The van der Waals surface area contributed by atoms with Gasteiger partial charge in [-0.05, 0) is 106 Å². The first-order valence-electron chi connectivity index (χ1n) is 10.4. The van der Waals surface area contributed by atoms with Gasteiger partial charge in [0.25, 0.3) is 5.91 Å². The van der Waals surface area contributed by atoms with Gasteiger partial charge in [0.1, 0.15) is 5.75 Å². The molecule has 152 valence electrons. The molecular formula is C22H29ClN2O2S. The Balaban J connectivity index is 1.36. The molecule has 5 rings (SSSR count). The Kier molecular flexibility index (Phi) is 5.58. The van der Waals surface area contributed by atoms with Crippen LogP contribution in [0.25, 0.3) is 0 Å². The summed E-state index contributed by atoms with van der Waals surface area (Å²) >= 11 is 11.7. The van der Waals surface area contributed by atoms with Crippen molar-refractivity contribution < 1.29 is 9.53 Å². The molecule has 0 spiro atoms. The molecule has 4 saturated carbocycles. The topological polar surface area (TPSA) is 50.4 Å². The summed E-state index contributed by atoms with van der Waals surface area (Å²) in [4.78, 5) is 12.6. The Labute approximate surface area is 177 Å². The zero-order valence-electron chi connectivity index (χ0n) is 16.6. The molecule has 0 saturated heterocycles. The maximum Gasteiger partial charge on any atom is 0.257 e. The SMILES string of the molecule is CCOc1ccc(C(=O)NC(=S)N[C@@H](C)C23CC4CC(CC(C4)C2)C3)cc1Cl. The number of thiocarbonyl (C=S) groups is 1. The minimum atomic E-state index is -0.250. The second-order valence-electron chi connectivity index (χ2n) is 9.01. The van der Waals surface area contributed by atoms with E-state index in [1.165, 1.54) is 38.5 Å². The molecule has 2 N–H and O–H groups in total. The normalized spacial score (nSPS) is 31.3. The molecule has 0 heterocycles. The fourth-order valence-corrected chi connectivity index (χ4v) is 6.69. The van der Waals surface area contributed by atoms with Gasteiger partial charge in [-0.1, -0.05) is 11.6 Å². The maximum absolute atomic E-state index is 12.6. The summed E-state index contributed by atoms with van der Waals surface area (Å²) in [7, 11) is 0. The van der Waals surface area contributed by atoms with Crippen molar-refractivity contribution in [1.82, 2.24) is 10.6 Å². The molecule has 4 aliphatic rings. The van der Waals surface area contributed by atoms with Gasteiger partial charge in [0.05, 0.1) is 11.6 Å². The number of carbonyl (C=O) groups excluding carboxylic acids is 1. The molecule has 28 heavy (non-hydrogen) atoms. The molecule has 1 amide bonds. The molecule has 4 fully saturated rings. The maximum atomic E-state index is 12.6. The number of hydrogen-bond donors (Lipinski definition) is 2. The Morgan fingerprint density at radius 3 is 2.39 bits per heavy atom. The van der Waals surface area contributed by atoms with E-state index < -0.39 is 0 Å². The van der Waals surface area contributed by atoms with Gasteiger partial charge in [-0.25, -0.2) is 0 Å². The number of amides is 1. The summed E-state index contributed by atoms with van der Waals surface area (Å²) in [5.41, 5.74) is 0.812. The van der Waals surface area contributed by atoms with Crippen LogP contribution in [-0.4, -0.2) is 23.7 Å². The number of benzene rings is 1. The minimum absolute atomic E-state index is 0.250. The molecular weight excluding hydrogens is 392 g/mol. The zero-order valence-corrected chi connectivity index (χ0v) is 18.2. The molecule has 0 radical (unpaired) electrons. The highest BCUT2D eigenvalue weighted by Gasteiger charge is 2.53. The van der Waals surface area contributed by atoms with Crippen LogP contribution in [0.1, 0.15) is 62.7 Å². The Morgan fingerprint density at radius 2 is 1.86 bits per heavy atom. The number of hydrogen-bond acceptors (Lipinski definition) is 3. The van der Waals surface area contributed by atoms with Crippen LogP contribution in [0, 0.1) is 23.2 Å². The highest BCUT2D eigenvalue weighted by molar-refractivity contribution is 7.80. The van der Waals surface area contributed by atoms with Crippen LogP contribution in [0.4, 0.5) is 0 Å². The highest BCUT2D eigenvalue weighted by Crippen LogP contribution is 2.61. The number of ether oxygens (including phenoxy) is 1. The van der Waals surface area contributed by atoms with Crippen LogP contribution in [0.5, 0.6) is 5.75 Å². The first-order chi connectivity index (χ1) is 13.4. The standard InChI is InChI=1S/C22H29ClN2O2S/c1-3-27-19-5-4-17(9-18(19)23)20(26)25-21(28)24-13(2)22-10-14-6-15(11-22)8-16(7-14)12-22/h4-5,9,13-16H,3,6-8,10-12H2,1-2H3,(H2,24,25,26,28)/t13-,14?,15?,16?,22?/m0/s1. The Morgan fingerprint density at radius 1 is 1.25 bits per heavy atom. The van der Waals surface area contributed by atoms with Crippen molar-refractivity contribution in [2.24, 2.45) is 23.2 Å². The quantitative estimate of drug-likeness (QED) is 0.662. The van der Waals surface area contributed by atoms with Gasteiger partial charge in [-0.3, -0.25) is 10.1 Å². The summed E-state index contributed by atoms with van der Waals surface area (Å²) in [6, 6.07) is 5.32. The van der Waals surface area contributed by atoms with Crippen LogP contribution in [-0.2, 0) is 0 Å². The van der Waals surface area contributed by atoms with Crippen molar-refractivity contribution in [2.45, 2.75) is 58.4 Å². The third kappa shape index (κ3) is 3.88. The predicted molar refractivity (Wildman–Crippen MR) is 116 cm³/mol. The lowest BCUT2D eigenvalue weighted by atomic mass is 9.48. The third-order valence-electron chi connectivity index (χ3n) is 7.07. The summed E-state index contributed by atoms with van der Waals surface area (Å²) in [5, 5.41) is 7.07. The monoisotopic (exact) mass is 420 g/mol. The molecule has 4 aliphatic carbocycles. The summed E-state index contributed by atoms with van der Waals surface area (Å²) < 4.78 is 5.42. The lowest BCUT2D eigenvalue weighted by Crippen LogP contribution is -2.57. The highest BCUT2D eigenvalue weighted by atomic mass is 35.5. The van der Waals surface area contributed by atoms with Gasteiger partial charge in [0.2, 0.25) is 0 Å². The summed E-state index contributed by atoms with van der Waals surface area (Å²) in [6.07, 6.45) is 8.18. The number of carbonyl (C=O) groups is 1. The van der Waals surface area contributed by atoms with E-state index >= 15 is 0 Å². The van der Waals surface area contributed by atoms with Crippen molar-refractivity contribution in [2.75, 3.05) is 6.61 Å². The molecule has 4 bridgehead atoms. The van der Waals surface area contributed by atoms with Gasteiger partial charge in [-0.2, -0.15) is 0 Å². The first-order valence-corrected chi connectivity index (χ1v) is 11.2. The van der Waals surface area contributed by atoms with Gasteiger partial charge < -0.3 is 10.1 Å². The fraction of sp³-hybridized carbons (Fsp3) is 0.636. The smallest absolute Gasteiger partial charge is 0.257 e. The molecule has 1 aromatic carbocycles. The minimum Gasteiger partial charge on any atom is -0.492 e. The molecule has 0 aromatic heterocycles. The third-order valence-corrected chi connectivity index (χ3v) is 7.59. The van der Waals surface area contributed by atoms with Crippen molar-refractivity contribution in [1.29, 1.82) is 0 Å². The molecule has 0 unspecified atom stereocenters. The van der Waals surface area contributed by atoms with Crippen LogP contribution in [0.3, 0.4) is 0 Å². The van der Waals surface area contributed by atoms with Crippen molar-refractivity contribution in [3.63, 3.8) is 0 Å². The second-order valence-corrected chi connectivity index (χ2v) is 9.82. The van der Waals surface area contributed by atoms with Crippen LogP contribution >= 0.6 is 23.8 Å². The lowest BCUT2D eigenvalue weighted by Gasteiger charge is -2.59. The number of rotatable bonds is 5. The summed E-state index contributed by atoms with van der Waals surface area (Å²) in [6.45, 7) is 4.66. The second kappa shape index (κ2) is 7.83. The van der Waals surface area contributed by atoms with E-state index in [4.69, 9.17) is 28.6 Å². The number of halogens is 1. The van der Waals surface area contributed by atoms with Crippen molar-refractivity contribution in [3.05, 3.63) is 28.8 Å². The molecule has 4 nitrogen and oxygen atoms in total. The van der Waals surface area contributed by atoms with Crippen LogP contribution < -0.4 is 15.4 Å². The van der Waals surface area contributed by atoms with Crippen molar-refractivity contribution in [3.8, 4) is 5.75 Å². The first kappa shape index (κ1) is 20.0. The average molecular weight is 421 g/mol. The van der Waals surface area contributed by atoms with Crippen LogP contribution in [0.15, 0.2) is 18.2 Å². The molecule has 0 aliphatic heterocycles. The number of nitrogens with one attached hydrogen (secondary N) is 2. The van der Waals surface area contributed by atoms with Gasteiger partial charge in [0, 0.05) is 11.6 Å². The molecule has 1 atom stereocenters. The van der Waals surface area contributed by atoms with E-state index in [0.717, 1.165) is 17.8 Å².